The summed E-state index contributed by atoms with van der Waals surface area (Å²) in [7, 11) is 2.13. The van der Waals surface area contributed by atoms with Gasteiger partial charge in [-0.3, -0.25) is 0 Å². The summed E-state index contributed by atoms with van der Waals surface area (Å²) in [6, 6.07) is 0. The molecule has 1 atom stereocenters. The Morgan fingerprint density at radius 1 is 1.58 bits per heavy atom. The first kappa shape index (κ1) is 9.11. The molecule has 0 amide bonds. The monoisotopic (exact) mass is 163 g/mol. The number of nitrogens with zero attached hydrogens (tertiary/aromatic N) is 1. The highest BCUT2D eigenvalue weighted by atomic mass is 15.1. The molecule has 0 aromatic carbocycles. The second-order valence-corrected chi connectivity index (χ2v) is 3.33. The SMILES string of the molecule is C=CC1=C(/C=C\C)N(C)CC1C. The Bertz CT molecular complexity index is 235. The van der Waals surface area contributed by atoms with Crippen LogP contribution in [-0.4, -0.2) is 18.5 Å². The second-order valence-electron chi connectivity index (χ2n) is 3.33. The van der Waals surface area contributed by atoms with Gasteiger partial charge in [0.1, 0.15) is 0 Å². The molecule has 1 heteroatoms. The molecule has 0 aromatic heterocycles. The van der Waals surface area contributed by atoms with Gasteiger partial charge in [-0.1, -0.05) is 25.7 Å². The molecule has 0 spiro atoms. The van der Waals surface area contributed by atoms with Crippen molar-refractivity contribution < 1.29 is 0 Å². The van der Waals surface area contributed by atoms with Gasteiger partial charge in [0.2, 0.25) is 0 Å². The summed E-state index contributed by atoms with van der Waals surface area (Å²) in [5.41, 5.74) is 2.69. The van der Waals surface area contributed by atoms with Gasteiger partial charge in [0.15, 0.2) is 0 Å². The lowest BCUT2D eigenvalue weighted by molar-refractivity contribution is 0.432. The highest BCUT2D eigenvalue weighted by Crippen LogP contribution is 2.27. The van der Waals surface area contributed by atoms with Crippen LogP contribution in [0.4, 0.5) is 0 Å². The normalized spacial score (nSPS) is 24.2. The molecule has 1 unspecified atom stereocenters. The molecule has 0 aromatic rings. The van der Waals surface area contributed by atoms with Gasteiger partial charge in [-0.2, -0.15) is 0 Å². The lowest BCUT2D eigenvalue weighted by Gasteiger charge is -2.12. The van der Waals surface area contributed by atoms with Crippen LogP contribution in [0, 0.1) is 5.92 Å². The molecule has 1 nitrogen and oxygen atoms in total. The molecule has 0 aliphatic carbocycles. The second kappa shape index (κ2) is 3.61. The molecule has 1 rings (SSSR count). The molecule has 0 N–H and O–H groups in total. The van der Waals surface area contributed by atoms with Crippen molar-refractivity contribution in [3.8, 4) is 0 Å². The van der Waals surface area contributed by atoms with Crippen LogP contribution in [0.1, 0.15) is 13.8 Å². The topological polar surface area (TPSA) is 3.24 Å². The van der Waals surface area contributed by atoms with Crippen LogP contribution >= 0.6 is 0 Å². The van der Waals surface area contributed by atoms with Gasteiger partial charge < -0.3 is 4.90 Å². The van der Waals surface area contributed by atoms with Crippen molar-refractivity contribution >= 4 is 0 Å². The minimum absolute atomic E-state index is 0.624. The maximum atomic E-state index is 3.84. The molecule has 0 saturated carbocycles. The van der Waals surface area contributed by atoms with Crippen LogP contribution in [-0.2, 0) is 0 Å². The predicted molar refractivity (Wildman–Crippen MR) is 53.8 cm³/mol. The number of hydrogen-bond donors (Lipinski definition) is 0. The molecule has 1 aliphatic rings. The summed E-state index contributed by atoms with van der Waals surface area (Å²) < 4.78 is 0. The van der Waals surface area contributed by atoms with E-state index in [1.54, 1.807) is 0 Å². The Morgan fingerprint density at radius 2 is 2.25 bits per heavy atom. The van der Waals surface area contributed by atoms with Crippen molar-refractivity contribution in [2.24, 2.45) is 5.92 Å². The third kappa shape index (κ3) is 1.45. The van der Waals surface area contributed by atoms with E-state index in [1.807, 2.05) is 13.0 Å². The van der Waals surface area contributed by atoms with Crippen molar-refractivity contribution in [3.63, 3.8) is 0 Å². The smallest absolute Gasteiger partial charge is 0.0396 e. The molecular formula is C11H17N. The van der Waals surface area contributed by atoms with E-state index < -0.39 is 0 Å². The molecule has 0 bridgehead atoms. The van der Waals surface area contributed by atoms with E-state index in [4.69, 9.17) is 0 Å². The highest BCUT2D eigenvalue weighted by molar-refractivity contribution is 5.36. The molecule has 0 fully saturated rings. The fourth-order valence-electron chi connectivity index (χ4n) is 1.77. The molecule has 66 valence electrons. The van der Waals surface area contributed by atoms with Crippen LogP contribution in [0.15, 0.2) is 36.1 Å². The van der Waals surface area contributed by atoms with Crippen molar-refractivity contribution in [2.75, 3.05) is 13.6 Å². The van der Waals surface area contributed by atoms with Gasteiger partial charge in [0.25, 0.3) is 0 Å². The molecule has 1 aliphatic heterocycles. The third-order valence-corrected chi connectivity index (χ3v) is 2.33. The first-order valence-corrected chi connectivity index (χ1v) is 4.41. The first-order chi connectivity index (χ1) is 5.70. The summed E-state index contributed by atoms with van der Waals surface area (Å²) in [6.45, 7) is 9.24. The minimum Gasteiger partial charge on any atom is -0.374 e. The Kier molecular flexibility index (Phi) is 2.74. The molecule has 0 saturated heterocycles. The zero-order valence-corrected chi connectivity index (χ0v) is 8.17. The lowest BCUT2D eigenvalue weighted by Crippen LogP contribution is -2.14. The third-order valence-electron chi connectivity index (χ3n) is 2.33. The summed E-state index contributed by atoms with van der Waals surface area (Å²) in [4.78, 5) is 2.28. The van der Waals surface area contributed by atoms with Crippen molar-refractivity contribution in [1.29, 1.82) is 0 Å². The summed E-state index contributed by atoms with van der Waals surface area (Å²) in [5, 5.41) is 0. The lowest BCUT2D eigenvalue weighted by atomic mass is 10.0. The maximum absolute atomic E-state index is 3.84. The summed E-state index contributed by atoms with van der Waals surface area (Å²) in [6.07, 6.45) is 6.21. The zero-order valence-electron chi connectivity index (χ0n) is 8.17. The summed E-state index contributed by atoms with van der Waals surface area (Å²) >= 11 is 0. The van der Waals surface area contributed by atoms with Gasteiger partial charge >= 0.3 is 0 Å². The average molecular weight is 163 g/mol. The largest absolute Gasteiger partial charge is 0.374 e. The fraction of sp³-hybridized carbons (Fsp3) is 0.455. The van der Waals surface area contributed by atoms with E-state index in [0.29, 0.717) is 5.92 Å². The van der Waals surface area contributed by atoms with Crippen molar-refractivity contribution in [1.82, 2.24) is 4.90 Å². The van der Waals surface area contributed by atoms with E-state index in [9.17, 15) is 0 Å². The molecule has 12 heavy (non-hydrogen) atoms. The Balaban J connectivity index is 3.00. The Morgan fingerprint density at radius 3 is 2.75 bits per heavy atom. The Labute approximate surface area is 75.1 Å². The number of hydrogen-bond acceptors (Lipinski definition) is 1. The van der Waals surface area contributed by atoms with Crippen LogP contribution in [0.25, 0.3) is 0 Å². The minimum atomic E-state index is 0.624. The van der Waals surface area contributed by atoms with Crippen LogP contribution in [0.2, 0.25) is 0 Å². The van der Waals surface area contributed by atoms with E-state index >= 15 is 0 Å². The van der Waals surface area contributed by atoms with Crippen molar-refractivity contribution in [3.05, 3.63) is 36.1 Å². The van der Waals surface area contributed by atoms with Gasteiger partial charge in [0.05, 0.1) is 0 Å². The van der Waals surface area contributed by atoms with E-state index in [0.717, 1.165) is 6.54 Å². The van der Waals surface area contributed by atoms with Crippen LogP contribution in [0.3, 0.4) is 0 Å². The molecule has 0 radical (unpaired) electrons. The van der Waals surface area contributed by atoms with E-state index in [2.05, 4.69) is 37.6 Å². The maximum Gasteiger partial charge on any atom is 0.0396 e. The number of likely N-dealkylation sites (N-methyl/N-ethyl adjacent to an activating group) is 1. The zero-order chi connectivity index (χ0) is 9.14. The quantitative estimate of drug-likeness (QED) is 0.604. The predicted octanol–water partition coefficient (Wildman–Crippen LogP) is 2.58. The fourth-order valence-corrected chi connectivity index (χ4v) is 1.77. The highest BCUT2D eigenvalue weighted by Gasteiger charge is 2.21. The van der Waals surface area contributed by atoms with Crippen LogP contribution < -0.4 is 0 Å². The average Bonchev–Trinajstić information content (AvgIpc) is 2.28. The van der Waals surface area contributed by atoms with Crippen LogP contribution in [0.5, 0.6) is 0 Å². The molecular weight excluding hydrogens is 146 g/mol. The van der Waals surface area contributed by atoms with Gasteiger partial charge in [-0.05, 0) is 18.6 Å². The van der Waals surface area contributed by atoms with Gasteiger partial charge in [0, 0.05) is 25.2 Å². The number of rotatable bonds is 2. The van der Waals surface area contributed by atoms with E-state index in [1.165, 1.54) is 11.3 Å². The van der Waals surface area contributed by atoms with Crippen molar-refractivity contribution in [2.45, 2.75) is 13.8 Å². The first-order valence-electron chi connectivity index (χ1n) is 4.41. The number of allylic oxidation sites excluding steroid dienone is 3. The van der Waals surface area contributed by atoms with E-state index in [-0.39, 0.29) is 0 Å². The summed E-state index contributed by atoms with van der Waals surface area (Å²) in [5.74, 6) is 0.624. The Hall–Kier alpha value is -0.980. The standard InChI is InChI=1S/C11H17N/c1-5-7-11-10(6-2)9(3)8-12(11)4/h5-7,9H,2,8H2,1,3-4H3/b7-5-. The molecule has 1 heterocycles. The van der Waals surface area contributed by atoms with Gasteiger partial charge in [-0.25, -0.2) is 0 Å². The van der Waals surface area contributed by atoms with Gasteiger partial charge in [-0.15, -0.1) is 0 Å².